The van der Waals surface area contributed by atoms with Crippen LogP contribution in [0.1, 0.15) is 64.5 Å². The zero-order valence-corrected chi connectivity index (χ0v) is 20.1. The lowest BCUT2D eigenvalue weighted by Gasteiger charge is -2.32. The van der Waals surface area contributed by atoms with Crippen molar-refractivity contribution in [2.24, 2.45) is 0 Å². The van der Waals surface area contributed by atoms with Gasteiger partial charge in [-0.2, -0.15) is 4.98 Å². The zero-order valence-electron chi connectivity index (χ0n) is 19.3. The van der Waals surface area contributed by atoms with Gasteiger partial charge in [-0.05, 0) is 58.9 Å². The Balaban J connectivity index is 1.63. The quantitative estimate of drug-likeness (QED) is 0.637. The zero-order chi connectivity index (χ0) is 24.0. The molecule has 33 heavy (non-hydrogen) atoms. The van der Waals surface area contributed by atoms with Crippen molar-refractivity contribution >= 4 is 27.0 Å². The Morgan fingerprint density at radius 3 is 2.58 bits per heavy atom. The van der Waals surface area contributed by atoms with Crippen LogP contribution in [0.3, 0.4) is 0 Å². The summed E-state index contributed by atoms with van der Waals surface area (Å²) in [6.45, 7) is 6.00. The second-order valence-corrected chi connectivity index (χ2v) is 12.0. The van der Waals surface area contributed by atoms with E-state index < -0.39 is 26.9 Å². The van der Waals surface area contributed by atoms with E-state index >= 15 is 0 Å². The molecule has 10 heteroatoms. The SMILES string of the molecule is C#Cc1cc2cnc(NC3CCN(S(=O)(=O)C(C)C)CC3)nc2n([C@@H]2CCC[C@@]2(C)O)c1=O. The summed E-state index contributed by atoms with van der Waals surface area (Å²) in [5.74, 6) is 2.81. The van der Waals surface area contributed by atoms with Crippen molar-refractivity contribution in [3.05, 3.63) is 28.2 Å². The molecule has 2 fully saturated rings. The normalized spacial score (nSPS) is 24.9. The molecule has 0 bridgehead atoms. The highest BCUT2D eigenvalue weighted by Gasteiger charge is 2.40. The van der Waals surface area contributed by atoms with Crippen molar-refractivity contribution in [2.75, 3.05) is 18.4 Å². The Morgan fingerprint density at radius 1 is 1.30 bits per heavy atom. The fraction of sp³-hybridized carbons (Fsp3) is 0.609. The van der Waals surface area contributed by atoms with Gasteiger partial charge in [0, 0.05) is 30.7 Å². The molecular weight excluding hydrogens is 442 g/mol. The predicted octanol–water partition coefficient (Wildman–Crippen LogP) is 1.86. The van der Waals surface area contributed by atoms with E-state index in [0.29, 0.717) is 55.8 Å². The number of aromatic nitrogens is 3. The van der Waals surface area contributed by atoms with E-state index in [2.05, 4.69) is 21.2 Å². The van der Waals surface area contributed by atoms with Gasteiger partial charge in [0.1, 0.15) is 5.65 Å². The summed E-state index contributed by atoms with van der Waals surface area (Å²) in [6.07, 6.45) is 10.5. The standard InChI is InChI=1S/C23H31N5O4S/c1-5-16-13-17-14-24-22(25-18-8-11-27(12-9-18)33(31,32)15(2)3)26-20(17)28(21(16)29)19-7-6-10-23(19,4)30/h1,13-15,18-19,30H,6-12H2,2-4H3,(H,24,25,26)/t19-,23-/m1/s1. The number of terminal acetylenes is 1. The summed E-state index contributed by atoms with van der Waals surface area (Å²) >= 11 is 0. The van der Waals surface area contributed by atoms with Gasteiger partial charge in [0.2, 0.25) is 16.0 Å². The summed E-state index contributed by atoms with van der Waals surface area (Å²) in [6, 6.07) is 1.20. The number of hydrogen-bond donors (Lipinski definition) is 2. The third-order valence-electron chi connectivity index (χ3n) is 6.86. The van der Waals surface area contributed by atoms with E-state index in [1.807, 2.05) is 0 Å². The molecule has 178 valence electrons. The maximum atomic E-state index is 13.1. The fourth-order valence-electron chi connectivity index (χ4n) is 4.86. The van der Waals surface area contributed by atoms with Crippen LogP contribution in [0, 0.1) is 12.3 Å². The molecule has 1 saturated carbocycles. The fourth-order valence-corrected chi connectivity index (χ4v) is 6.17. The van der Waals surface area contributed by atoms with E-state index in [1.54, 1.807) is 33.0 Å². The van der Waals surface area contributed by atoms with Gasteiger partial charge < -0.3 is 10.4 Å². The van der Waals surface area contributed by atoms with Crippen molar-refractivity contribution in [1.29, 1.82) is 0 Å². The van der Waals surface area contributed by atoms with E-state index in [4.69, 9.17) is 6.42 Å². The number of anilines is 1. The van der Waals surface area contributed by atoms with Crippen LogP contribution in [0.5, 0.6) is 0 Å². The molecule has 0 amide bonds. The first-order valence-corrected chi connectivity index (χ1v) is 12.9. The number of pyridine rings is 1. The maximum absolute atomic E-state index is 13.1. The first kappa shape index (κ1) is 23.7. The maximum Gasteiger partial charge on any atom is 0.268 e. The molecule has 3 heterocycles. The van der Waals surface area contributed by atoms with Gasteiger partial charge in [-0.3, -0.25) is 9.36 Å². The number of rotatable bonds is 5. The molecular formula is C23H31N5O4S. The Kier molecular flexibility index (Phi) is 6.24. The summed E-state index contributed by atoms with van der Waals surface area (Å²) in [5, 5.41) is 14.4. The van der Waals surface area contributed by atoms with Crippen molar-refractivity contribution in [3.63, 3.8) is 0 Å². The van der Waals surface area contributed by atoms with Crippen LogP contribution >= 0.6 is 0 Å². The summed E-state index contributed by atoms with van der Waals surface area (Å²) in [5.41, 5.74) is -0.720. The van der Waals surface area contributed by atoms with E-state index in [0.717, 1.165) is 6.42 Å². The topological polar surface area (TPSA) is 117 Å². The van der Waals surface area contributed by atoms with Crippen LogP contribution < -0.4 is 10.9 Å². The predicted molar refractivity (Wildman–Crippen MR) is 128 cm³/mol. The third-order valence-corrected chi connectivity index (χ3v) is 9.14. The van der Waals surface area contributed by atoms with Gasteiger partial charge in [-0.25, -0.2) is 17.7 Å². The Hall–Kier alpha value is -2.48. The smallest absolute Gasteiger partial charge is 0.268 e. The highest BCUT2D eigenvalue weighted by Crippen LogP contribution is 2.39. The number of nitrogens with one attached hydrogen (secondary N) is 1. The lowest BCUT2D eigenvalue weighted by molar-refractivity contribution is 0.0266. The molecule has 0 radical (unpaired) electrons. The van der Waals surface area contributed by atoms with Crippen LogP contribution in [-0.4, -0.2) is 62.3 Å². The van der Waals surface area contributed by atoms with Crippen molar-refractivity contribution < 1.29 is 13.5 Å². The largest absolute Gasteiger partial charge is 0.388 e. The van der Waals surface area contributed by atoms with E-state index in [1.165, 1.54) is 8.87 Å². The van der Waals surface area contributed by atoms with E-state index in [-0.39, 0.29) is 17.2 Å². The molecule has 2 aromatic rings. The van der Waals surface area contributed by atoms with Crippen LogP contribution in [0.25, 0.3) is 11.0 Å². The average Bonchev–Trinajstić information content (AvgIpc) is 3.12. The minimum Gasteiger partial charge on any atom is -0.388 e. The Labute approximate surface area is 194 Å². The molecule has 1 saturated heterocycles. The molecule has 4 rings (SSSR count). The third kappa shape index (κ3) is 4.37. The number of nitrogens with zero attached hydrogens (tertiary/aromatic N) is 4. The molecule has 2 aromatic heterocycles. The molecule has 0 unspecified atom stereocenters. The minimum atomic E-state index is -3.27. The first-order valence-electron chi connectivity index (χ1n) is 11.4. The highest BCUT2D eigenvalue weighted by molar-refractivity contribution is 7.89. The molecule has 2 N–H and O–H groups in total. The molecule has 0 aromatic carbocycles. The first-order chi connectivity index (χ1) is 15.5. The second kappa shape index (κ2) is 8.70. The highest BCUT2D eigenvalue weighted by atomic mass is 32.2. The van der Waals surface area contributed by atoms with Gasteiger partial charge in [0.15, 0.2) is 0 Å². The Bertz CT molecular complexity index is 1250. The summed E-state index contributed by atoms with van der Waals surface area (Å²) in [7, 11) is -3.27. The summed E-state index contributed by atoms with van der Waals surface area (Å²) < 4.78 is 27.9. The number of hydrogen-bond acceptors (Lipinski definition) is 7. The Morgan fingerprint density at radius 2 is 2.00 bits per heavy atom. The van der Waals surface area contributed by atoms with Crippen LogP contribution in [0.2, 0.25) is 0 Å². The molecule has 2 aliphatic rings. The molecule has 2 atom stereocenters. The number of fused-ring (bicyclic) bond motifs is 1. The number of aliphatic hydroxyl groups is 1. The van der Waals surface area contributed by atoms with Crippen LogP contribution in [-0.2, 0) is 10.0 Å². The van der Waals surface area contributed by atoms with Crippen molar-refractivity contribution in [3.8, 4) is 12.3 Å². The van der Waals surface area contributed by atoms with Crippen molar-refractivity contribution in [2.45, 2.75) is 75.8 Å². The van der Waals surface area contributed by atoms with Crippen molar-refractivity contribution in [1.82, 2.24) is 18.8 Å². The lowest BCUT2D eigenvalue weighted by atomic mass is 9.99. The van der Waals surface area contributed by atoms with Gasteiger partial charge >= 0.3 is 0 Å². The van der Waals surface area contributed by atoms with Gasteiger partial charge in [0.25, 0.3) is 5.56 Å². The van der Waals surface area contributed by atoms with Crippen LogP contribution in [0.15, 0.2) is 17.1 Å². The number of piperidine rings is 1. The van der Waals surface area contributed by atoms with Gasteiger partial charge in [0.05, 0.1) is 22.5 Å². The van der Waals surface area contributed by atoms with Gasteiger partial charge in [-0.15, -0.1) is 6.42 Å². The lowest BCUT2D eigenvalue weighted by Crippen LogP contribution is -2.45. The molecule has 1 aliphatic carbocycles. The number of sulfonamides is 1. The second-order valence-electron chi connectivity index (χ2n) is 9.53. The minimum absolute atomic E-state index is 0.0146. The van der Waals surface area contributed by atoms with Gasteiger partial charge in [-0.1, -0.05) is 5.92 Å². The molecule has 1 aliphatic heterocycles. The van der Waals surface area contributed by atoms with Crippen LogP contribution in [0.4, 0.5) is 5.95 Å². The van der Waals surface area contributed by atoms with E-state index in [9.17, 15) is 18.3 Å². The monoisotopic (exact) mass is 473 g/mol. The molecule has 0 spiro atoms. The summed E-state index contributed by atoms with van der Waals surface area (Å²) in [4.78, 5) is 22.2. The average molecular weight is 474 g/mol. The molecule has 9 nitrogen and oxygen atoms in total.